The van der Waals surface area contributed by atoms with Crippen molar-refractivity contribution in [1.82, 2.24) is 10.6 Å². The molecule has 1 saturated heterocycles. The molecule has 4 rings (SSSR count). The molecule has 4 atom stereocenters. The summed E-state index contributed by atoms with van der Waals surface area (Å²) in [7, 11) is 0. The Bertz CT molecular complexity index is 1210. The summed E-state index contributed by atoms with van der Waals surface area (Å²) in [6, 6.07) is 3.46. The molecule has 1 aliphatic carbocycles. The number of benzene rings is 1. The van der Waals surface area contributed by atoms with E-state index in [1.54, 1.807) is 11.8 Å². The lowest BCUT2D eigenvalue weighted by molar-refractivity contribution is -0.155. The molecule has 39 heavy (non-hydrogen) atoms. The topological polar surface area (TPSA) is 134 Å². The molecule has 2 amide bonds. The number of Topliss-reactive ketones (excluding diaryl/α,β-unsaturated/α-hetero) is 1. The van der Waals surface area contributed by atoms with Crippen molar-refractivity contribution in [3.63, 3.8) is 0 Å². The van der Waals surface area contributed by atoms with Gasteiger partial charge < -0.3 is 30.1 Å². The van der Waals surface area contributed by atoms with Crippen molar-refractivity contribution >= 4 is 29.4 Å². The summed E-state index contributed by atoms with van der Waals surface area (Å²) in [5.74, 6) is -1.26. The maximum Gasteiger partial charge on any atom is 0.408 e. The number of cyclic esters (lactones) is 1. The number of aliphatic hydroxyl groups excluding tert-OH is 1. The molecule has 3 aliphatic rings. The molecule has 3 unspecified atom stereocenters. The highest BCUT2D eigenvalue weighted by Gasteiger charge is 2.39. The molecule has 1 aromatic rings. The largest absolute Gasteiger partial charge is 0.445 e. The number of carbonyl (C=O) groups is 4. The van der Waals surface area contributed by atoms with Crippen molar-refractivity contribution in [3.8, 4) is 0 Å². The van der Waals surface area contributed by atoms with Crippen LogP contribution in [0.1, 0.15) is 43.7 Å². The minimum Gasteiger partial charge on any atom is -0.445 e. The summed E-state index contributed by atoms with van der Waals surface area (Å²) in [6.07, 6.45) is 9.62. The number of carbonyl (C=O) groups excluding carboxylic acids is 4. The van der Waals surface area contributed by atoms with Gasteiger partial charge in [0.2, 0.25) is 12.2 Å². The number of ether oxygens (including phenoxy) is 2. The molecule has 2 heterocycles. The van der Waals surface area contributed by atoms with E-state index in [-0.39, 0.29) is 25.4 Å². The van der Waals surface area contributed by atoms with Crippen LogP contribution in [0.2, 0.25) is 0 Å². The Labute approximate surface area is 227 Å². The third kappa shape index (κ3) is 6.94. The lowest BCUT2D eigenvalue weighted by Crippen LogP contribution is -2.56. The van der Waals surface area contributed by atoms with Gasteiger partial charge in [-0.15, -0.1) is 0 Å². The van der Waals surface area contributed by atoms with Crippen LogP contribution in [0.25, 0.3) is 0 Å². The number of para-hydroxylation sites is 1. The number of amides is 2. The first-order valence-electron chi connectivity index (χ1n) is 13.3. The summed E-state index contributed by atoms with van der Waals surface area (Å²) in [4.78, 5) is 52.7. The summed E-state index contributed by atoms with van der Waals surface area (Å²) >= 11 is 0. The molecule has 0 saturated carbocycles. The number of aryl methyl sites for hydroxylation is 2. The molecule has 0 bridgehead atoms. The Morgan fingerprint density at radius 2 is 2.08 bits per heavy atom. The quantitative estimate of drug-likeness (QED) is 0.409. The van der Waals surface area contributed by atoms with Crippen molar-refractivity contribution in [2.45, 2.75) is 70.4 Å². The van der Waals surface area contributed by atoms with E-state index in [1.807, 2.05) is 55.5 Å². The molecule has 0 spiro atoms. The molecule has 3 N–H and O–H groups in total. The zero-order valence-corrected chi connectivity index (χ0v) is 22.2. The van der Waals surface area contributed by atoms with Gasteiger partial charge in [0.25, 0.3) is 0 Å². The smallest absolute Gasteiger partial charge is 0.408 e. The Balaban J connectivity index is 1.46. The van der Waals surface area contributed by atoms with Gasteiger partial charge in [-0.05, 0) is 49.3 Å². The van der Waals surface area contributed by atoms with Gasteiger partial charge >= 0.3 is 12.1 Å². The molecule has 0 aromatic heterocycles. The van der Waals surface area contributed by atoms with E-state index in [0.29, 0.717) is 19.3 Å². The molecular formula is C29H35N3O7. The van der Waals surface area contributed by atoms with Gasteiger partial charge in [0.05, 0.1) is 19.0 Å². The summed E-state index contributed by atoms with van der Waals surface area (Å²) in [5, 5.41) is 15.3. The maximum atomic E-state index is 13.5. The van der Waals surface area contributed by atoms with Crippen molar-refractivity contribution in [3.05, 3.63) is 65.3 Å². The molecule has 10 nitrogen and oxygen atoms in total. The molecule has 2 aliphatic heterocycles. The van der Waals surface area contributed by atoms with Gasteiger partial charge in [-0.2, -0.15) is 0 Å². The number of nitrogens with one attached hydrogen (secondary N) is 2. The Morgan fingerprint density at radius 3 is 2.82 bits per heavy atom. The monoisotopic (exact) mass is 537 g/mol. The molecule has 1 fully saturated rings. The van der Waals surface area contributed by atoms with E-state index in [1.165, 1.54) is 0 Å². The van der Waals surface area contributed by atoms with Crippen LogP contribution in [0.5, 0.6) is 0 Å². The second-order valence-electron chi connectivity index (χ2n) is 9.92. The van der Waals surface area contributed by atoms with Crippen molar-refractivity contribution in [1.29, 1.82) is 0 Å². The highest BCUT2D eigenvalue weighted by atomic mass is 16.6. The standard InChI is InChI=1S/C29H35N3O7/c1-3-21(31-29(37)38-17-19-10-6-4-5-7-11-19)24(33)16-32-23(14-13-20-12-8-9-18(2)26(20)32)27(35)30-22-15-25(34)39-28(22)36/h4,6-12,21-23,28,36H,3,5,13-17H2,1-2H3,(H,30,35)(H,31,37)/t21?,22-,23?,28?/m0/s1. The van der Waals surface area contributed by atoms with Crippen LogP contribution in [0.4, 0.5) is 10.5 Å². The van der Waals surface area contributed by atoms with Gasteiger partial charge in [0.15, 0.2) is 5.78 Å². The predicted molar refractivity (Wildman–Crippen MR) is 144 cm³/mol. The van der Waals surface area contributed by atoms with Gasteiger partial charge in [0, 0.05) is 5.69 Å². The Hall–Kier alpha value is -3.92. The fraction of sp³-hybridized carbons (Fsp3) is 0.448. The van der Waals surface area contributed by atoms with Gasteiger partial charge in [0.1, 0.15) is 18.7 Å². The number of fused-ring (bicyclic) bond motifs is 1. The van der Waals surface area contributed by atoms with Crippen LogP contribution in [-0.2, 0) is 30.3 Å². The average molecular weight is 538 g/mol. The summed E-state index contributed by atoms with van der Waals surface area (Å²) in [6.45, 7) is 3.68. The summed E-state index contributed by atoms with van der Waals surface area (Å²) < 4.78 is 10.1. The number of hydrogen-bond acceptors (Lipinski definition) is 8. The number of nitrogens with zero attached hydrogens (tertiary/aromatic N) is 1. The molecule has 10 heteroatoms. The zero-order chi connectivity index (χ0) is 27.9. The second-order valence-corrected chi connectivity index (χ2v) is 9.92. The van der Waals surface area contributed by atoms with Gasteiger partial charge in [-0.25, -0.2) is 4.79 Å². The van der Waals surface area contributed by atoms with Crippen molar-refractivity contribution in [2.75, 3.05) is 18.1 Å². The van der Waals surface area contributed by atoms with E-state index in [2.05, 4.69) is 10.6 Å². The number of aliphatic hydroxyl groups is 1. The first-order valence-corrected chi connectivity index (χ1v) is 13.3. The zero-order valence-electron chi connectivity index (χ0n) is 22.2. The van der Waals surface area contributed by atoms with E-state index in [0.717, 1.165) is 28.8 Å². The second kappa shape index (κ2) is 12.8. The van der Waals surface area contributed by atoms with E-state index in [9.17, 15) is 24.3 Å². The fourth-order valence-electron chi connectivity index (χ4n) is 5.09. The molecule has 0 radical (unpaired) electrons. The normalized spacial score (nSPS) is 22.7. The molecular weight excluding hydrogens is 502 g/mol. The van der Waals surface area contributed by atoms with Crippen LogP contribution >= 0.6 is 0 Å². The van der Waals surface area contributed by atoms with E-state index >= 15 is 0 Å². The van der Waals surface area contributed by atoms with Crippen LogP contribution in [0.3, 0.4) is 0 Å². The van der Waals surface area contributed by atoms with Crippen LogP contribution in [0.15, 0.2) is 54.2 Å². The number of rotatable bonds is 9. The van der Waals surface area contributed by atoms with Gasteiger partial charge in [-0.1, -0.05) is 55.5 Å². The van der Waals surface area contributed by atoms with Crippen LogP contribution in [0, 0.1) is 6.92 Å². The minimum absolute atomic E-state index is 0.0808. The van der Waals surface area contributed by atoms with Crippen molar-refractivity contribution in [2.24, 2.45) is 0 Å². The minimum atomic E-state index is -1.41. The lowest BCUT2D eigenvalue weighted by Gasteiger charge is -2.39. The third-order valence-electron chi connectivity index (χ3n) is 7.12. The first-order chi connectivity index (χ1) is 18.8. The number of ketones is 1. The number of anilines is 1. The van der Waals surface area contributed by atoms with Crippen LogP contribution in [-0.4, -0.2) is 66.4 Å². The highest BCUT2D eigenvalue weighted by molar-refractivity contribution is 5.95. The molecule has 208 valence electrons. The lowest BCUT2D eigenvalue weighted by atomic mass is 9.92. The first kappa shape index (κ1) is 28.1. The highest BCUT2D eigenvalue weighted by Crippen LogP contribution is 2.34. The number of hydrogen-bond donors (Lipinski definition) is 3. The summed E-state index contributed by atoms with van der Waals surface area (Å²) in [5.41, 5.74) is 3.57. The van der Waals surface area contributed by atoms with Crippen molar-refractivity contribution < 1.29 is 33.8 Å². The maximum absolute atomic E-state index is 13.5. The van der Waals surface area contributed by atoms with E-state index < -0.39 is 42.4 Å². The third-order valence-corrected chi connectivity index (χ3v) is 7.12. The number of esters is 1. The SMILES string of the molecule is CCC(NC(=O)OCC1=CC=CCC=C1)C(=O)CN1c2c(C)cccc2CCC1C(=O)N[C@H]1CC(=O)OC1O. The number of alkyl carbamates (subject to hydrolysis) is 1. The average Bonchev–Trinajstić information content (AvgIpc) is 3.08. The Morgan fingerprint density at radius 1 is 1.26 bits per heavy atom. The fourth-order valence-corrected chi connectivity index (χ4v) is 5.09. The van der Waals surface area contributed by atoms with Gasteiger partial charge in [-0.3, -0.25) is 14.4 Å². The van der Waals surface area contributed by atoms with E-state index in [4.69, 9.17) is 9.47 Å². The Kier molecular flexibility index (Phi) is 9.19. The molecule has 1 aromatic carbocycles. The predicted octanol–water partition coefficient (Wildman–Crippen LogP) is 2.38. The number of allylic oxidation sites excluding steroid dienone is 4. The van der Waals surface area contributed by atoms with Crippen LogP contribution < -0.4 is 15.5 Å².